The SMILES string of the molecule is CCc1ccc(N=C2NC(=O)/C(=C/c3ccc(OCc4ccccc4Cl)cc3)S2)cc1. The zero-order valence-corrected chi connectivity index (χ0v) is 18.5. The Morgan fingerprint density at radius 1 is 1.03 bits per heavy atom. The molecule has 6 heteroatoms. The first-order valence-corrected chi connectivity index (χ1v) is 11.1. The largest absolute Gasteiger partial charge is 0.489 e. The van der Waals surface area contributed by atoms with E-state index in [2.05, 4.69) is 17.2 Å². The minimum Gasteiger partial charge on any atom is -0.489 e. The number of aryl methyl sites for hydroxylation is 1. The van der Waals surface area contributed by atoms with Crippen molar-refractivity contribution in [3.63, 3.8) is 0 Å². The molecule has 0 atom stereocenters. The third kappa shape index (κ3) is 5.57. The predicted octanol–water partition coefficient (Wildman–Crippen LogP) is 6.37. The molecule has 1 heterocycles. The van der Waals surface area contributed by atoms with Crippen molar-refractivity contribution in [2.24, 2.45) is 4.99 Å². The summed E-state index contributed by atoms with van der Waals surface area (Å²) in [6.45, 7) is 2.51. The average molecular weight is 449 g/mol. The summed E-state index contributed by atoms with van der Waals surface area (Å²) in [6, 6.07) is 23.2. The van der Waals surface area contributed by atoms with Gasteiger partial charge in [-0.05, 0) is 65.7 Å². The number of hydrogen-bond acceptors (Lipinski definition) is 4. The molecule has 3 aromatic carbocycles. The number of rotatable bonds is 6. The van der Waals surface area contributed by atoms with E-state index in [1.165, 1.54) is 17.3 Å². The summed E-state index contributed by atoms with van der Waals surface area (Å²) >= 11 is 7.50. The van der Waals surface area contributed by atoms with E-state index in [0.717, 1.165) is 29.0 Å². The summed E-state index contributed by atoms with van der Waals surface area (Å²) in [5.41, 5.74) is 3.93. The number of carbonyl (C=O) groups excluding carboxylic acids is 1. The fourth-order valence-electron chi connectivity index (χ4n) is 2.99. The molecule has 4 rings (SSSR count). The zero-order chi connectivity index (χ0) is 21.6. The van der Waals surface area contributed by atoms with Gasteiger partial charge in [-0.3, -0.25) is 4.79 Å². The number of benzene rings is 3. The Kier molecular flexibility index (Phi) is 6.75. The van der Waals surface area contributed by atoms with E-state index in [4.69, 9.17) is 16.3 Å². The van der Waals surface area contributed by atoms with Crippen LogP contribution in [0.25, 0.3) is 6.08 Å². The van der Waals surface area contributed by atoms with Gasteiger partial charge in [0.05, 0.1) is 10.6 Å². The summed E-state index contributed by atoms with van der Waals surface area (Å²) in [5, 5.41) is 4.10. The number of ether oxygens (including phenoxy) is 1. The lowest BCUT2D eigenvalue weighted by Gasteiger charge is -2.08. The van der Waals surface area contributed by atoms with Gasteiger partial charge in [-0.1, -0.05) is 61.0 Å². The van der Waals surface area contributed by atoms with Gasteiger partial charge in [-0.25, -0.2) is 4.99 Å². The first-order chi connectivity index (χ1) is 15.1. The van der Waals surface area contributed by atoms with E-state index in [1.807, 2.05) is 78.9 Å². The molecule has 1 fully saturated rings. The quantitative estimate of drug-likeness (QED) is 0.445. The van der Waals surface area contributed by atoms with E-state index in [1.54, 1.807) is 0 Å². The molecule has 1 aliphatic rings. The van der Waals surface area contributed by atoms with Crippen LogP contribution in [0.3, 0.4) is 0 Å². The van der Waals surface area contributed by atoms with Crippen molar-refractivity contribution in [3.05, 3.63) is 99.4 Å². The molecule has 0 spiro atoms. The number of nitrogens with one attached hydrogen (secondary N) is 1. The fraction of sp³-hybridized carbons (Fsp3) is 0.120. The van der Waals surface area contributed by atoms with Gasteiger partial charge < -0.3 is 10.1 Å². The van der Waals surface area contributed by atoms with Gasteiger partial charge in [-0.2, -0.15) is 0 Å². The van der Waals surface area contributed by atoms with E-state index < -0.39 is 0 Å². The smallest absolute Gasteiger partial charge is 0.264 e. The van der Waals surface area contributed by atoms with Crippen LogP contribution in [0, 0.1) is 0 Å². The highest BCUT2D eigenvalue weighted by Gasteiger charge is 2.23. The predicted molar refractivity (Wildman–Crippen MR) is 129 cm³/mol. The Morgan fingerprint density at radius 3 is 2.48 bits per heavy atom. The summed E-state index contributed by atoms with van der Waals surface area (Å²) in [6.07, 6.45) is 2.83. The van der Waals surface area contributed by atoms with Gasteiger partial charge in [0, 0.05) is 10.6 Å². The molecule has 0 bridgehead atoms. The van der Waals surface area contributed by atoms with E-state index >= 15 is 0 Å². The highest BCUT2D eigenvalue weighted by molar-refractivity contribution is 8.18. The molecule has 0 saturated carbocycles. The summed E-state index contributed by atoms with van der Waals surface area (Å²) in [4.78, 5) is 17.5. The maximum Gasteiger partial charge on any atom is 0.264 e. The zero-order valence-electron chi connectivity index (χ0n) is 17.0. The molecule has 0 aromatic heterocycles. The second kappa shape index (κ2) is 9.86. The highest BCUT2D eigenvalue weighted by atomic mass is 35.5. The number of amides is 1. The summed E-state index contributed by atoms with van der Waals surface area (Å²) in [7, 11) is 0. The lowest BCUT2D eigenvalue weighted by Crippen LogP contribution is -2.19. The molecule has 0 unspecified atom stereocenters. The Hall–Kier alpha value is -3.02. The third-order valence-electron chi connectivity index (χ3n) is 4.76. The molecular weight excluding hydrogens is 428 g/mol. The molecule has 31 heavy (non-hydrogen) atoms. The van der Waals surface area contributed by atoms with E-state index in [9.17, 15) is 4.79 Å². The van der Waals surface area contributed by atoms with Gasteiger partial charge >= 0.3 is 0 Å². The van der Waals surface area contributed by atoms with Gasteiger partial charge in [0.15, 0.2) is 5.17 Å². The van der Waals surface area contributed by atoms with Crippen molar-refractivity contribution in [1.82, 2.24) is 5.32 Å². The number of nitrogens with zero attached hydrogens (tertiary/aromatic N) is 1. The van der Waals surface area contributed by atoms with Crippen molar-refractivity contribution in [2.45, 2.75) is 20.0 Å². The van der Waals surface area contributed by atoms with Crippen LogP contribution in [0.4, 0.5) is 5.69 Å². The number of aliphatic imine (C=N–C) groups is 1. The normalized spacial score (nSPS) is 16.0. The topological polar surface area (TPSA) is 50.7 Å². The van der Waals surface area contributed by atoms with Gasteiger partial charge in [0.25, 0.3) is 5.91 Å². The van der Waals surface area contributed by atoms with Crippen LogP contribution < -0.4 is 10.1 Å². The number of carbonyl (C=O) groups is 1. The van der Waals surface area contributed by atoms with Gasteiger partial charge in [-0.15, -0.1) is 0 Å². The summed E-state index contributed by atoms with van der Waals surface area (Å²) < 4.78 is 5.81. The molecule has 0 radical (unpaired) electrons. The van der Waals surface area contributed by atoms with E-state index in [0.29, 0.717) is 21.7 Å². The van der Waals surface area contributed by atoms with Crippen LogP contribution in [0.1, 0.15) is 23.6 Å². The minimum absolute atomic E-state index is 0.145. The van der Waals surface area contributed by atoms with Crippen molar-refractivity contribution in [2.75, 3.05) is 0 Å². The van der Waals surface area contributed by atoms with Crippen LogP contribution in [-0.2, 0) is 17.8 Å². The fourth-order valence-corrected chi connectivity index (χ4v) is 4.02. The van der Waals surface area contributed by atoms with Crippen molar-refractivity contribution >= 4 is 46.2 Å². The molecule has 156 valence electrons. The van der Waals surface area contributed by atoms with Crippen LogP contribution in [0.5, 0.6) is 5.75 Å². The van der Waals surface area contributed by atoms with Crippen molar-refractivity contribution in [1.29, 1.82) is 0 Å². The van der Waals surface area contributed by atoms with Crippen LogP contribution in [-0.4, -0.2) is 11.1 Å². The molecule has 0 aliphatic carbocycles. The molecular formula is C25H21ClN2O2S. The van der Waals surface area contributed by atoms with Crippen LogP contribution in [0.15, 0.2) is 82.7 Å². The van der Waals surface area contributed by atoms with Gasteiger partial charge in [0.2, 0.25) is 0 Å². The summed E-state index contributed by atoms with van der Waals surface area (Å²) in [5.74, 6) is 0.594. The number of hydrogen-bond donors (Lipinski definition) is 1. The number of amidine groups is 1. The van der Waals surface area contributed by atoms with Gasteiger partial charge in [0.1, 0.15) is 12.4 Å². The molecule has 1 saturated heterocycles. The van der Waals surface area contributed by atoms with E-state index in [-0.39, 0.29) is 5.91 Å². The monoisotopic (exact) mass is 448 g/mol. The molecule has 1 N–H and O–H groups in total. The molecule has 3 aromatic rings. The molecule has 4 nitrogen and oxygen atoms in total. The molecule has 1 amide bonds. The maximum absolute atomic E-state index is 12.3. The first kappa shape index (κ1) is 21.2. The Morgan fingerprint density at radius 2 is 1.77 bits per heavy atom. The average Bonchev–Trinajstić information content (AvgIpc) is 3.13. The van der Waals surface area contributed by atoms with Crippen molar-refractivity contribution < 1.29 is 9.53 Å². The Balaban J connectivity index is 1.40. The minimum atomic E-state index is -0.145. The number of thioether (sulfide) groups is 1. The lowest BCUT2D eigenvalue weighted by atomic mass is 10.2. The first-order valence-electron chi connectivity index (χ1n) is 9.95. The van der Waals surface area contributed by atoms with Crippen LogP contribution >= 0.6 is 23.4 Å². The standard InChI is InChI=1S/C25H21ClN2O2S/c1-2-17-7-11-20(12-8-17)27-25-28-24(29)23(31-25)15-18-9-13-21(14-10-18)30-16-19-5-3-4-6-22(19)26/h3-15H,2,16H2,1H3,(H,27,28,29)/b23-15-. The second-order valence-corrected chi connectivity index (χ2v) is 8.39. The highest BCUT2D eigenvalue weighted by Crippen LogP contribution is 2.28. The lowest BCUT2D eigenvalue weighted by molar-refractivity contribution is -0.115. The molecule has 1 aliphatic heterocycles. The Bertz CT molecular complexity index is 1140. The Labute approximate surface area is 191 Å². The number of halogens is 1. The van der Waals surface area contributed by atoms with Crippen LogP contribution in [0.2, 0.25) is 5.02 Å². The second-order valence-electron chi connectivity index (χ2n) is 6.95. The van der Waals surface area contributed by atoms with Crippen molar-refractivity contribution in [3.8, 4) is 5.75 Å². The maximum atomic E-state index is 12.3. The third-order valence-corrected chi connectivity index (χ3v) is 6.03.